The maximum absolute atomic E-state index is 12.0. The average molecular weight is 219 g/mol. The fourth-order valence-corrected chi connectivity index (χ4v) is 0.836. The van der Waals surface area contributed by atoms with Crippen molar-refractivity contribution in [2.24, 2.45) is 0 Å². The van der Waals surface area contributed by atoms with Gasteiger partial charge in [0.2, 0.25) is 6.04 Å². The van der Waals surface area contributed by atoms with Crippen molar-refractivity contribution in [1.29, 1.82) is 0 Å². The molecular weight excluding hydrogens is 216 g/mol. The first-order chi connectivity index (χ1) is 6.23. The number of halogens is 6. The maximum Gasteiger partial charge on any atom is 0.419 e. The quantitative estimate of drug-likeness (QED) is 0.675. The van der Waals surface area contributed by atoms with Crippen LogP contribution in [0.25, 0.3) is 0 Å². The van der Waals surface area contributed by atoms with Crippen molar-refractivity contribution in [3.63, 3.8) is 0 Å². The van der Waals surface area contributed by atoms with Crippen LogP contribution in [-0.4, -0.2) is 27.1 Å². The normalized spacial score (nSPS) is 13.6. The first-order valence-electron chi connectivity index (χ1n) is 3.20. The molecule has 1 heterocycles. The van der Waals surface area contributed by atoms with Crippen molar-refractivity contribution in [3.05, 3.63) is 12.7 Å². The van der Waals surface area contributed by atoms with Gasteiger partial charge in [0.1, 0.15) is 12.7 Å². The molecule has 0 saturated carbocycles. The zero-order valence-electron chi connectivity index (χ0n) is 6.34. The van der Waals surface area contributed by atoms with Crippen molar-refractivity contribution >= 4 is 0 Å². The van der Waals surface area contributed by atoms with Crippen molar-refractivity contribution in [3.8, 4) is 0 Å². The zero-order valence-corrected chi connectivity index (χ0v) is 6.34. The number of alkyl halides is 6. The molecule has 1 rings (SSSR count). The summed E-state index contributed by atoms with van der Waals surface area (Å²) in [5, 5.41) is 2.82. The van der Waals surface area contributed by atoms with Gasteiger partial charge in [0, 0.05) is 0 Å². The Morgan fingerprint density at radius 3 is 1.79 bits per heavy atom. The fourth-order valence-electron chi connectivity index (χ4n) is 0.836. The molecule has 80 valence electrons. The van der Waals surface area contributed by atoms with Crippen LogP contribution in [0.3, 0.4) is 0 Å². The van der Waals surface area contributed by atoms with E-state index in [0.29, 0.717) is 12.7 Å². The van der Waals surface area contributed by atoms with Gasteiger partial charge in [-0.2, -0.15) is 31.4 Å². The highest BCUT2D eigenvalue weighted by molar-refractivity contribution is 4.81. The molecule has 0 N–H and O–H groups in total. The topological polar surface area (TPSA) is 30.7 Å². The molecule has 3 nitrogen and oxygen atoms in total. The second-order valence-corrected chi connectivity index (χ2v) is 2.36. The van der Waals surface area contributed by atoms with Gasteiger partial charge < -0.3 is 0 Å². The van der Waals surface area contributed by atoms with Crippen molar-refractivity contribution in [2.45, 2.75) is 18.4 Å². The van der Waals surface area contributed by atoms with Crippen LogP contribution >= 0.6 is 0 Å². The van der Waals surface area contributed by atoms with Gasteiger partial charge in [-0.05, 0) is 0 Å². The number of nitrogens with zero attached hydrogens (tertiary/aromatic N) is 3. The van der Waals surface area contributed by atoms with Gasteiger partial charge >= 0.3 is 12.4 Å². The van der Waals surface area contributed by atoms with Crippen LogP contribution in [0.1, 0.15) is 6.04 Å². The lowest BCUT2D eigenvalue weighted by atomic mass is 10.3. The summed E-state index contributed by atoms with van der Waals surface area (Å²) in [6, 6.07) is -3.64. The standard InChI is InChI=1S/C5H3F6N3/c6-4(7,8)3(5(9,10)11)14-2-12-1-13-14/h1-3H. The Morgan fingerprint density at radius 1 is 1.00 bits per heavy atom. The van der Waals surface area contributed by atoms with Crippen molar-refractivity contribution < 1.29 is 26.3 Å². The van der Waals surface area contributed by atoms with Crippen molar-refractivity contribution in [1.82, 2.24) is 14.8 Å². The second-order valence-electron chi connectivity index (χ2n) is 2.36. The molecule has 0 bridgehead atoms. The minimum Gasteiger partial charge on any atom is -0.231 e. The van der Waals surface area contributed by atoms with Gasteiger partial charge in [0.15, 0.2) is 0 Å². The molecule has 0 aromatic carbocycles. The minimum absolute atomic E-state index is 0.278. The number of rotatable bonds is 1. The monoisotopic (exact) mass is 219 g/mol. The Hall–Kier alpha value is -1.28. The highest BCUT2D eigenvalue weighted by Gasteiger charge is 2.58. The summed E-state index contributed by atoms with van der Waals surface area (Å²) in [5.74, 6) is 0. The first kappa shape index (κ1) is 10.8. The summed E-state index contributed by atoms with van der Waals surface area (Å²) >= 11 is 0. The number of hydrogen-bond acceptors (Lipinski definition) is 2. The van der Waals surface area contributed by atoms with E-state index in [1.54, 1.807) is 0 Å². The highest BCUT2D eigenvalue weighted by atomic mass is 19.4. The molecule has 0 unspecified atom stereocenters. The van der Waals surface area contributed by atoms with Gasteiger partial charge in [-0.25, -0.2) is 9.67 Å². The molecule has 0 aliphatic carbocycles. The number of hydrogen-bond donors (Lipinski definition) is 0. The molecular formula is C5H3F6N3. The largest absolute Gasteiger partial charge is 0.419 e. The third kappa shape index (κ3) is 2.15. The first-order valence-corrected chi connectivity index (χ1v) is 3.20. The lowest BCUT2D eigenvalue weighted by Crippen LogP contribution is -2.38. The van der Waals surface area contributed by atoms with E-state index in [0.717, 1.165) is 0 Å². The zero-order chi connectivity index (χ0) is 11.0. The van der Waals surface area contributed by atoms with Gasteiger partial charge in [0.05, 0.1) is 0 Å². The SMILES string of the molecule is FC(F)(F)C(n1cncn1)C(F)(F)F. The van der Waals surface area contributed by atoms with Gasteiger partial charge in [-0.15, -0.1) is 0 Å². The van der Waals surface area contributed by atoms with E-state index in [9.17, 15) is 26.3 Å². The van der Waals surface area contributed by atoms with Crippen LogP contribution in [-0.2, 0) is 0 Å². The Labute approximate surface area is 73.3 Å². The summed E-state index contributed by atoms with van der Waals surface area (Å²) in [4.78, 5) is 3.02. The van der Waals surface area contributed by atoms with Crippen LogP contribution in [0.5, 0.6) is 0 Å². The molecule has 0 amide bonds. The molecule has 0 aliphatic rings. The summed E-state index contributed by atoms with van der Waals surface area (Å²) < 4.78 is 71.5. The van der Waals surface area contributed by atoms with E-state index in [-0.39, 0.29) is 4.68 Å². The molecule has 0 radical (unpaired) electrons. The summed E-state index contributed by atoms with van der Waals surface area (Å²) in [5.41, 5.74) is 0. The van der Waals surface area contributed by atoms with E-state index in [1.807, 2.05) is 0 Å². The number of aromatic nitrogens is 3. The smallest absolute Gasteiger partial charge is 0.231 e. The highest BCUT2D eigenvalue weighted by Crippen LogP contribution is 2.42. The molecule has 9 heteroatoms. The molecule has 0 aliphatic heterocycles. The lowest BCUT2D eigenvalue weighted by molar-refractivity contribution is -0.276. The molecule has 14 heavy (non-hydrogen) atoms. The molecule has 0 spiro atoms. The van der Waals surface area contributed by atoms with Crippen molar-refractivity contribution in [2.75, 3.05) is 0 Å². The summed E-state index contributed by atoms with van der Waals surface area (Å²) in [7, 11) is 0. The minimum atomic E-state index is -5.44. The average Bonchev–Trinajstić information content (AvgIpc) is 2.31. The molecule has 0 saturated heterocycles. The maximum atomic E-state index is 12.0. The third-order valence-corrected chi connectivity index (χ3v) is 1.32. The van der Waals surface area contributed by atoms with Crippen LogP contribution in [0.15, 0.2) is 12.7 Å². The van der Waals surface area contributed by atoms with Gasteiger partial charge in [-0.1, -0.05) is 0 Å². The Kier molecular flexibility index (Phi) is 2.42. The second kappa shape index (κ2) is 3.14. The van der Waals surface area contributed by atoms with E-state index in [1.165, 1.54) is 0 Å². The van der Waals surface area contributed by atoms with E-state index < -0.39 is 18.4 Å². The fraction of sp³-hybridized carbons (Fsp3) is 0.600. The van der Waals surface area contributed by atoms with E-state index in [4.69, 9.17) is 0 Å². The predicted octanol–water partition coefficient (Wildman–Crippen LogP) is 1.94. The summed E-state index contributed by atoms with van der Waals surface area (Å²) in [6.07, 6.45) is -9.91. The van der Waals surface area contributed by atoms with Crippen LogP contribution in [0.4, 0.5) is 26.3 Å². The van der Waals surface area contributed by atoms with Crippen LogP contribution in [0.2, 0.25) is 0 Å². The van der Waals surface area contributed by atoms with Crippen LogP contribution < -0.4 is 0 Å². The lowest BCUT2D eigenvalue weighted by Gasteiger charge is -2.22. The molecule has 0 atom stereocenters. The van der Waals surface area contributed by atoms with E-state index in [2.05, 4.69) is 10.1 Å². The van der Waals surface area contributed by atoms with E-state index >= 15 is 0 Å². The predicted molar refractivity (Wildman–Crippen MR) is 31.2 cm³/mol. The summed E-state index contributed by atoms with van der Waals surface area (Å²) in [6.45, 7) is 0. The molecule has 0 fully saturated rings. The Balaban J connectivity index is 3.08. The van der Waals surface area contributed by atoms with Gasteiger partial charge in [-0.3, -0.25) is 0 Å². The Bertz CT molecular complexity index is 271. The molecule has 1 aromatic rings. The Morgan fingerprint density at radius 2 is 1.50 bits per heavy atom. The third-order valence-electron chi connectivity index (χ3n) is 1.32. The van der Waals surface area contributed by atoms with Crippen LogP contribution in [0, 0.1) is 0 Å². The van der Waals surface area contributed by atoms with Gasteiger partial charge in [0.25, 0.3) is 0 Å². The molecule has 1 aromatic heterocycles.